The molecule has 2 aliphatic rings. The number of aromatic nitrogens is 4. The van der Waals surface area contributed by atoms with Crippen LogP contribution in [0.1, 0.15) is 51.4 Å². The Morgan fingerprint density at radius 3 is 2.38 bits per heavy atom. The van der Waals surface area contributed by atoms with Crippen LogP contribution in [0.3, 0.4) is 0 Å². The third-order valence-corrected chi connectivity index (χ3v) is 10.7. The topological polar surface area (TPSA) is 141 Å². The summed E-state index contributed by atoms with van der Waals surface area (Å²) in [6.07, 6.45) is 3.58. The number of carbonyl (C=O) groups excluding carboxylic acids is 2. The quantitative estimate of drug-likeness (QED) is 0.142. The summed E-state index contributed by atoms with van der Waals surface area (Å²) in [5.74, 6) is 0.885. The second-order valence-electron chi connectivity index (χ2n) is 15.1. The molecule has 13 nitrogen and oxygen atoms in total. The molecule has 2 saturated heterocycles. The van der Waals surface area contributed by atoms with E-state index in [1.807, 2.05) is 75.5 Å². The first-order valence-corrected chi connectivity index (χ1v) is 19.3. The Labute approximate surface area is 334 Å². The van der Waals surface area contributed by atoms with Crippen molar-refractivity contribution in [1.82, 2.24) is 34.7 Å². The monoisotopic (exact) mass is 801 g/mol. The lowest BCUT2D eigenvalue weighted by Crippen LogP contribution is -2.43. The number of rotatable bonds is 12. The highest BCUT2D eigenvalue weighted by atomic mass is 35.5. The highest BCUT2D eigenvalue weighted by Gasteiger charge is 2.29. The molecule has 0 saturated carbocycles. The summed E-state index contributed by atoms with van der Waals surface area (Å²) < 4.78 is 20.1. The van der Waals surface area contributed by atoms with E-state index in [9.17, 15) is 14.4 Å². The second kappa shape index (κ2) is 16.3. The van der Waals surface area contributed by atoms with Crippen molar-refractivity contribution in [3.63, 3.8) is 0 Å². The number of halogens is 2. The zero-order valence-electron chi connectivity index (χ0n) is 32.0. The van der Waals surface area contributed by atoms with Crippen molar-refractivity contribution in [3.05, 3.63) is 92.6 Å². The molecule has 5 heterocycles. The molecule has 0 radical (unpaired) electrons. The zero-order chi connectivity index (χ0) is 39.7. The predicted molar refractivity (Wildman–Crippen MR) is 215 cm³/mol. The average Bonchev–Trinajstić information content (AvgIpc) is 3.76. The smallest absolute Gasteiger partial charge is 0.410 e. The summed E-state index contributed by atoms with van der Waals surface area (Å²) in [6, 6.07) is 16.6. The molecule has 0 bridgehead atoms. The van der Waals surface area contributed by atoms with Crippen LogP contribution in [0.5, 0.6) is 5.88 Å². The van der Waals surface area contributed by atoms with Gasteiger partial charge in [-0.3, -0.25) is 14.2 Å². The van der Waals surface area contributed by atoms with Gasteiger partial charge in [-0.1, -0.05) is 59.6 Å². The highest BCUT2D eigenvalue weighted by Crippen LogP contribution is 2.42. The molecule has 0 spiro atoms. The van der Waals surface area contributed by atoms with Gasteiger partial charge in [0.25, 0.3) is 5.56 Å². The average molecular weight is 803 g/mol. The van der Waals surface area contributed by atoms with Crippen LogP contribution in [0.15, 0.2) is 65.6 Å². The summed E-state index contributed by atoms with van der Waals surface area (Å²) in [4.78, 5) is 45.0. The molecule has 2 amide bonds. The van der Waals surface area contributed by atoms with E-state index in [4.69, 9.17) is 47.5 Å². The Kier molecular flexibility index (Phi) is 11.4. The number of carbonyl (C=O) groups is 2. The molecule has 2 aromatic carbocycles. The number of benzene rings is 2. The Bertz CT molecular complexity index is 2350. The fourth-order valence-corrected chi connectivity index (χ4v) is 7.56. The van der Waals surface area contributed by atoms with Gasteiger partial charge in [-0.05, 0) is 51.8 Å². The van der Waals surface area contributed by atoms with Crippen LogP contribution < -0.4 is 20.9 Å². The molecule has 15 heteroatoms. The summed E-state index contributed by atoms with van der Waals surface area (Å²) in [5.41, 5.74) is 4.27. The Morgan fingerprint density at radius 2 is 1.73 bits per heavy atom. The molecule has 2 atom stereocenters. The molecule has 56 heavy (non-hydrogen) atoms. The molecular weight excluding hydrogens is 757 g/mol. The molecular formula is C41H45Cl2N7O6. The van der Waals surface area contributed by atoms with Crippen LogP contribution in [0.2, 0.25) is 10.0 Å². The van der Waals surface area contributed by atoms with Gasteiger partial charge in [-0.2, -0.15) is 5.10 Å². The normalized spacial score (nSPS) is 16.8. The summed E-state index contributed by atoms with van der Waals surface area (Å²) >= 11 is 14.3. The van der Waals surface area contributed by atoms with E-state index in [0.717, 1.165) is 24.2 Å². The number of amides is 2. The number of nitrogens with zero attached hydrogens (tertiary/aromatic N) is 5. The molecule has 0 aliphatic carbocycles. The van der Waals surface area contributed by atoms with E-state index >= 15 is 0 Å². The van der Waals surface area contributed by atoms with E-state index < -0.39 is 11.7 Å². The summed E-state index contributed by atoms with van der Waals surface area (Å²) in [6.45, 7) is 7.77. The van der Waals surface area contributed by atoms with Crippen LogP contribution in [0.4, 0.5) is 4.79 Å². The van der Waals surface area contributed by atoms with E-state index in [0.29, 0.717) is 81.1 Å². The fraction of sp³-hybridized carbons (Fsp3) is 0.390. The molecule has 294 valence electrons. The lowest BCUT2D eigenvalue weighted by atomic mass is 9.97. The summed E-state index contributed by atoms with van der Waals surface area (Å²) in [5, 5.41) is 11.9. The zero-order valence-corrected chi connectivity index (χ0v) is 33.5. The van der Waals surface area contributed by atoms with Gasteiger partial charge in [0.1, 0.15) is 16.9 Å². The third-order valence-electron chi connectivity index (χ3n) is 9.93. The van der Waals surface area contributed by atoms with Crippen molar-refractivity contribution >= 4 is 40.7 Å². The van der Waals surface area contributed by atoms with Crippen LogP contribution in [0.25, 0.3) is 39.0 Å². The van der Waals surface area contributed by atoms with Gasteiger partial charge >= 0.3 is 6.09 Å². The first kappa shape index (κ1) is 39.3. The van der Waals surface area contributed by atoms with E-state index in [2.05, 4.69) is 10.6 Å². The number of fused-ring (bicyclic) bond motifs is 1. The minimum atomic E-state index is -0.705. The number of ether oxygens (including phenoxy) is 3. The summed E-state index contributed by atoms with van der Waals surface area (Å²) in [7, 11) is 3.24. The number of methoxy groups -OCH3 is 1. The lowest BCUT2D eigenvalue weighted by Gasteiger charge is -2.29. The van der Waals surface area contributed by atoms with Crippen molar-refractivity contribution in [3.8, 4) is 39.4 Å². The maximum atomic E-state index is 13.4. The standard InChI is InChI=1S/C41H45Cl2N7O6/c1-41(2,3)56-40(53)49(23-26-13-15-35(51)45-26)21-24-12-14-32(46-38(24)54-5)31-11-7-10-30(37(31)43)29-9-6-8-28(36(29)42)25-18-33-39(52)48(4)34(47-50(33)22-25)20-44-19-27-16-17-55-27/h6-12,14,18,22,26-27,44H,13,15-17,19-21,23H2,1-5H3,(H,45,51)/t26-,27-/m0/s1. The van der Waals surface area contributed by atoms with Crippen molar-refractivity contribution in [1.29, 1.82) is 0 Å². The molecule has 3 aromatic heterocycles. The third kappa shape index (κ3) is 8.41. The minimum absolute atomic E-state index is 0.0363. The van der Waals surface area contributed by atoms with Crippen LogP contribution >= 0.6 is 23.2 Å². The fourth-order valence-electron chi connectivity index (χ4n) is 6.90. The van der Waals surface area contributed by atoms with Gasteiger partial charge in [0, 0.05) is 78.8 Å². The van der Waals surface area contributed by atoms with Gasteiger partial charge in [0.05, 0.1) is 42.0 Å². The molecule has 2 aliphatic heterocycles. The van der Waals surface area contributed by atoms with Crippen molar-refractivity contribution < 1.29 is 23.8 Å². The Balaban J connectivity index is 1.16. The van der Waals surface area contributed by atoms with E-state index in [-0.39, 0.29) is 36.7 Å². The largest absolute Gasteiger partial charge is 0.481 e. The maximum Gasteiger partial charge on any atom is 0.410 e. The first-order valence-electron chi connectivity index (χ1n) is 18.6. The van der Waals surface area contributed by atoms with Gasteiger partial charge < -0.3 is 29.7 Å². The van der Waals surface area contributed by atoms with Crippen LogP contribution in [-0.4, -0.2) is 80.6 Å². The molecule has 7 rings (SSSR count). The van der Waals surface area contributed by atoms with Crippen molar-refractivity contribution in [2.45, 2.75) is 70.9 Å². The molecule has 0 unspecified atom stereocenters. The lowest BCUT2D eigenvalue weighted by molar-refractivity contribution is -0.119. The predicted octanol–water partition coefficient (Wildman–Crippen LogP) is 6.64. The number of hydrogen-bond acceptors (Lipinski definition) is 9. The van der Waals surface area contributed by atoms with E-state index in [1.165, 1.54) is 7.11 Å². The first-order chi connectivity index (χ1) is 26.8. The number of nitrogens with one attached hydrogen (secondary N) is 2. The molecule has 5 aromatic rings. The van der Waals surface area contributed by atoms with Gasteiger partial charge in [0.15, 0.2) is 0 Å². The van der Waals surface area contributed by atoms with Crippen LogP contribution in [-0.2, 0) is 34.4 Å². The van der Waals surface area contributed by atoms with Gasteiger partial charge in [-0.15, -0.1) is 0 Å². The van der Waals surface area contributed by atoms with Crippen LogP contribution in [0, 0.1) is 0 Å². The van der Waals surface area contributed by atoms with Gasteiger partial charge in [0.2, 0.25) is 11.8 Å². The Morgan fingerprint density at radius 1 is 1.04 bits per heavy atom. The molecule has 2 N–H and O–H groups in total. The van der Waals surface area contributed by atoms with E-state index in [1.54, 1.807) is 27.1 Å². The minimum Gasteiger partial charge on any atom is -0.481 e. The number of hydrogen-bond donors (Lipinski definition) is 2. The Hall–Kier alpha value is -4.95. The number of pyridine rings is 1. The maximum absolute atomic E-state index is 13.4. The van der Waals surface area contributed by atoms with Crippen molar-refractivity contribution in [2.24, 2.45) is 7.05 Å². The molecule has 2 fully saturated rings. The highest BCUT2D eigenvalue weighted by molar-refractivity contribution is 6.39. The van der Waals surface area contributed by atoms with Crippen molar-refractivity contribution in [2.75, 3.05) is 26.8 Å². The SMILES string of the molecule is COc1nc(-c2cccc(-c3cccc(-c4cc5c(=O)n(C)c(CNC[C@@H]6CCO6)nn5c4)c3Cl)c2Cl)ccc1CN(C[C@@H]1CCC(=O)N1)C(=O)OC(C)(C)C. The second-order valence-corrected chi connectivity index (χ2v) is 15.9. The van der Waals surface area contributed by atoms with Gasteiger partial charge in [-0.25, -0.2) is 14.3 Å².